The van der Waals surface area contributed by atoms with Crippen molar-refractivity contribution in [2.24, 2.45) is 0 Å². The number of amides is 1. The van der Waals surface area contributed by atoms with Gasteiger partial charge in [-0.25, -0.2) is 4.39 Å². The fraction of sp³-hybridized carbons (Fsp3) is 0.0714. The van der Waals surface area contributed by atoms with E-state index in [0.29, 0.717) is 5.56 Å². The molecular formula is C14H12FN3O3. The third-order valence-corrected chi connectivity index (χ3v) is 2.78. The van der Waals surface area contributed by atoms with Crippen LogP contribution in [0.15, 0.2) is 42.5 Å². The number of nitrogen functional groups attached to an aromatic ring is 1. The Bertz CT molecular complexity index is 704. The highest BCUT2D eigenvalue weighted by Crippen LogP contribution is 2.20. The second-order valence-electron chi connectivity index (χ2n) is 4.38. The van der Waals surface area contributed by atoms with Gasteiger partial charge in [-0.1, -0.05) is 12.1 Å². The molecule has 1 amide bonds. The zero-order valence-corrected chi connectivity index (χ0v) is 10.9. The molecule has 0 saturated heterocycles. The molecule has 0 heterocycles. The molecule has 2 aromatic rings. The van der Waals surface area contributed by atoms with Crippen LogP contribution in [-0.4, -0.2) is 10.8 Å². The van der Waals surface area contributed by atoms with Gasteiger partial charge in [-0.15, -0.1) is 0 Å². The van der Waals surface area contributed by atoms with Crippen LogP contribution < -0.4 is 11.1 Å². The summed E-state index contributed by atoms with van der Waals surface area (Å²) >= 11 is 0. The standard InChI is InChI=1S/C14H12FN3O3/c15-10-4-5-12(16)13(8-10)17-14(19)7-9-2-1-3-11(6-9)18(20)21/h1-6,8H,7,16H2,(H,17,19). The lowest BCUT2D eigenvalue weighted by Crippen LogP contribution is -2.15. The fourth-order valence-corrected chi connectivity index (χ4v) is 1.80. The van der Waals surface area contributed by atoms with E-state index >= 15 is 0 Å². The monoisotopic (exact) mass is 289 g/mol. The van der Waals surface area contributed by atoms with Gasteiger partial charge in [0, 0.05) is 12.1 Å². The van der Waals surface area contributed by atoms with Gasteiger partial charge in [0.05, 0.1) is 22.7 Å². The van der Waals surface area contributed by atoms with Crippen LogP contribution >= 0.6 is 0 Å². The highest BCUT2D eigenvalue weighted by Gasteiger charge is 2.10. The van der Waals surface area contributed by atoms with Crippen molar-refractivity contribution >= 4 is 23.0 Å². The van der Waals surface area contributed by atoms with Gasteiger partial charge >= 0.3 is 0 Å². The number of hydrogen-bond donors (Lipinski definition) is 2. The van der Waals surface area contributed by atoms with E-state index in [2.05, 4.69) is 5.32 Å². The third-order valence-electron chi connectivity index (χ3n) is 2.78. The van der Waals surface area contributed by atoms with Crippen LogP contribution in [0.3, 0.4) is 0 Å². The summed E-state index contributed by atoms with van der Waals surface area (Å²) < 4.78 is 13.1. The predicted octanol–water partition coefficient (Wildman–Crippen LogP) is 2.50. The normalized spacial score (nSPS) is 10.1. The number of hydrogen-bond acceptors (Lipinski definition) is 4. The van der Waals surface area contributed by atoms with Gasteiger partial charge in [-0.2, -0.15) is 0 Å². The molecule has 0 unspecified atom stereocenters. The van der Waals surface area contributed by atoms with E-state index in [-0.39, 0.29) is 23.5 Å². The maximum Gasteiger partial charge on any atom is 0.269 e. The largest absolute Gasteiger partial charge is 0.397 e. The van der Waals surface area contributed by atoms with E-state index in [1.807, 2.05) is 0 Å². The Morgan fingerprint density at radius 2 is 2.05 bits per heavy atom. The van der Waals surface area contributed by atoms with Gasteiger partial charge in [0.15, 0.2) is 0 Å². The minimum atomic E-state index is -0.536. The van der Waals surface area contributed by atoms with Crippen molar-refractivity contribution in [3.05, 3.63) is 64.0 Å². The van der Waals surface area contributed by atoms with Crippen LogP contribution in [0.1, 0.15) is 5.56 Å². The number of carbonyl (C=O) groups excluding carboxylic acids is 1. The number of nitrogens with zero attached hydrogens (tertiary/aromatic N) is 1. The summed E-state index contributed by atoms with van der Waals surface area (Å²) in [4.78, 5) is 22.0. The van der Waals surface area contributed by atoms with Gasteiger partial charge in [0.1, 0.15) is 5.82 Å². The Morgan fingerprint density at radius 1 is 1.29 bits per heavy atom. The van der Waals surface area contributed by atoms with Gasteiger partial charge in [0.2, 0.25) is 5.91 Å². The maximum absolute atomic E-state index is 13.1. The lowest BCUT2D eigenvalue weighted by atomic mass is 10.1. The average Bonchev–Trinajstić information content (AvgIpc) is 2.43. The van der Waals surface area contributed by atoms with Crippen molar-refractivity contribution in [3.8, 4) is 0 Å². The highest BCUT2D eigenvalue weighted by atomic mass is 19.1. The van der Waals surface area contributed by atoms with Crippen LogP contribution in [0.5, 0.6) is 0 Å². The van der Waals surface area contributed by atoms with E-state index in [1.165, 1.54) is 30.3 Å². The number of nitro groups is 1. The molecular weight excluding hydrogens is 277 g/mol. The van der Waals surface area contributed by atoms with E-state index < -0.39 is 16.6 Å². The molecule has 0 atom stereocenters. The molecule has 21 heavy (non-hydrogen) atoms. The number of non-ortho nitro benzene ring substituents is 1. The summed E-state index contributed by atoms with van der Waals surface area (Å²) in [6, 6.07) is 9.39. The highest BCUT2D eigenvalue weighted by molar-refractivity contribution is 5.95. The number of halogens is 1. The minimum absolute atomic E-state index is 0.0718. The Labute approximate surface area is 119 Å². The molecule has 7 heteroatoms. The number of benzene rings is 2. The summed E-state index contributed by atoms with van der Waals surface area (Å²) in [5.41, 5.74) is 6.43. The average molecular weight is 289 g/mol. The molecule has 0 aromatic heterocycles. The lowest BCUT2D eigenvalue weighted by Gasteiger charge is -2.08. The molecule has 3 N–H and O–H groups in total. The molecule has 0 radical (unpaired) electrons. The Morgan fingerprint density at radius 3 is 2.76 bits per heavy atom. The second-order valence-corrected chi connectivity index (χ2v) is 4.38. The summed E-state index contributed by atoms with van der Waals surface area (Å²) in [7, 11) is 0. The zero-order chi connectivity index (χ0) is 15.4. The number of nitro benzene ring substituents is 1. The lowest BCUT2D eigenvalue weighted by molar-refractivity contribution is -0.384. The SMILES string of the molecule is Nc1ccc(F)cc1NC(=O)Cc1cccc([N+](=O)[O-])c1. The molecule has 108 valence electrons. The number of nitrogens with two attached hydrogens (primary N) is 1. The Hall–Kier alpha value is -2.96. The molecule has 2 aromatic carbocycles. The van der Waals surface area contributed by atoms with E-state index in [0.717, 1.165) is 6.07 Å². The quantitative estimate of drug-likeness (QED) is 0.513. The van der Waals surface area contributed by atoms with Gasteiger partial charge in [0.25, 0.3) is 5.69 Å². The van der Waals surface area contributed by atoms with Crippen molar-refractivity contribution in [2.75, 3.05) is 11.1 Å². The first-order chi connectivity index (χ1) is 9.95. The second kappa shape index (κ2) is 6.00. The van der Waals surface area contributed by atoms with Gasteiger partial charge in [-0.3, -0.25) is 14.9 Å². The fourth-order valence-electron chi connectivity index (χ4n) is 1.80. The molecule has 2 rings (SSSR count). The molecule has 0 aliphatic rings. The van der Waals surface area contributed by atoms with Crippen LogP contribution in [-0.2, 0) is 11.2 Å². The Balaban J connectivity index is 2.10. The number of anilines is 2. The van der Waals surface area contributed by atoms with Crippen molar-refractivity contribution in [3.63, 3.8) is 0 Å². The number of nitrogens with one attached hydrogen (secondary N) is 1. The maximum atomic E-state index is 13.1. The van der Waals surface area contributed by atoms with Crippen molar-refractivity contribution in [2.45, 2.75) is 6.42 Å². The molecule has 0 bridgehead atoms. The van der Waals surface area contributed by atoms with Crippen LogP contribution in [0.4, 0.5) is 21.5 Å². The molecule has 0 saturated carbocycles. The van der Waals surface area contributed by atoms with Crippen molar-refractivity contribution in [1.82, 2.24) is 0 Å². The topological polar surface area (TPSA) is 98.3 Å². The van der Waals surface area contributed by atoms with Crippen LogP contribution in [0.2, 0.25) is 0 Å². The van der Waals surface area contributed by atoms with E-state index in [9.17, 15) is 19.3 Å². The first kappa shape index (κ1) is 14.4. The van der Waals surface area contributed by atoms with Crippen molar-refractivity contribution in [1.29, 1.82) is 0 Å². The molecule has 0 aliphatic carbocycles. The summed E-state index contributed by atoms with van der Waals surface area (Å²) in [6.45, 7) is 0. The van der Waals surface area contributed by atoms with Gasteiger partial charge < -0.3 is 11.1 Å². The van der Waals surface area contributed by atoms with Gasteiger partial charge in [-0.05, 0) is 23.8 Å². The number of carbonyl (C=O) groups is 1. The molecule has 0 aliphatic heterocycles. The number of rotatable bonds is 4. The van der Waals surface area contributed by atoms with Crippen molar-refractivity contribution < 1.29 is 14.1 Å². The van der Waals surface area contributed by atoms with E-state index in [4.69, 9.17) is 5.73 Å². The summed E-state index contributed by atoms with van der Waals surface area (Å²) in [5, 5.41) is 13.1. The van der Waals surface area contributed by atoms with Crippen LogP contribution in [0, 0.1) is 15.9 Å². The van der Waals surface area contributed by atoms with E-state index in [1.54, 1.807) is 6.07 Å². The molecule has 0 spiro atoms. The molecule has 0 fully saturated rings. The first-order valence-electron chi connectivity index (χ1n) is 6.04. The summed E-state index contributed by atoms with van der Waals surface area (Å²) in [5.74, 6) is -0.956. The summed E-state index contributed by atoms with van der Waals surface area (Å²) in [6.07, 6.45) is -0.0718. The third kappa shape index (κ3) is 3.75. The predicted molar refractivity (Wildman–Crippen MR) is 76.2 cm³/mol. The molecule has 6 nitrogen and oxygen atoms in total. The smallest absolute Gasteiger partial charge is 0.269 e. The first-order valence-corrected chi connectivity index (χ1v) is 6.04. The van der Waals surface area contributed by atoms with Crippen LogP contribution in [0.25, 0.3) is 0 Å². The zero-order valence-electron chi connectivity index (χ0n) is 10.9. The minimum Gasteiger partial charge on any atom is -0.397 e. The Kier molecular flexibility index (Phi) is 4.13.